The van der Waals surface area contributed by atoms with Crippen molar-refractivity contribution in [2.75, 3.05) is 12.4 Å². The Bertz CT molecular complexity index is 412. The molecule has 0 amide bonds. The van der Waals surface area contributed by atoms with Crippen LogP contribution in [-0.2, 0) is 9.53 Å². The van der Waals surface area contributed by atoms with Crippen molar-refractivity contribution in [2.24, 2.45) is 0 Å². The molecule has 1 aromatic rings. The van der Waals surface area contributed by atoms with E-state index < -0.39 is 17.6 Å². The Labute approximate surface area is 95.7 Å². The predicted octanol–water partition coefficient (Wildman–Crippen LogP) is 2.72. The maximum absolute atomic E-state index is 13.2. The molecule has 86 valence electrons. The molecule has 0 unspecified atom stereocenters. The number of nitrogens with one attached hydrogen (secondary N) is 1. The van der Waals surface area contributed by atoms with E-state index in [-0.39, 0.29) is 10.7 Å². The Kier molecular flexibility index (Phi) is 4.25. The Balaban J connectivity index is 2.82. The van der Waals surface area contributed by atoms with Crippen molar-refractivity contribution in [3.8, 4) is 0 Å². The number of benzene rings is 1. The SMILES string of the molecule is COC(=O)/C=C/Nc1c(F)cc(F)cc1Cl. The predicted molar refractivity (Wildman–Crippen MR) is 56.1 cm³/mol. The maximum atomic E-state index is 13.2. The van der Waals surface area contributed by atoms with Crippen LogP contribution in [0.2, 0.25) is 5.02 Å². The van der Waals surface area contributed by atoms with Gasteiger partial charge in [0.05, 0.1) is 17.8 Å². The highest BCUT2D eigenvalue weighted by molar-refractivity contribution is 6.33. The van der Waals surface area contributed by atoms with Crippen molar-refractivity contribution < 1.29 is 18.3 Å². The highest BCUT2D eigenvalue weighted by atomic mass is 35.5. The summed E-state index contributed by atoms with van der Waals surface area (Å²) in [5.74, 6) is -2.23. The molecule has 1 rings (SSSR count). The van der Waals surface area contributed by atoms with Crippen LogP contribution < -0.4 is 5.32 Å². The van der Waals surface area contributed by atoms with E-state index in [1.807, 2.05) is 0 Å². The molecule has 6 heteroatoms. The van der Waals surface area contributed by atoms with Gasteiger partial charge in [-0.25, -0.2) is 13.6 Å². The van der Waals surface area contributed by atoms with Gasteiger partial charge in [0.15, 0.2) is 5.82 Å². The minimum Gasteiger partial charge on any atom is -0.466 e. The number of carbonyl (C=O) groups excluding carboxylic acids is 1. The lowest BCUT2D eigenvalue weighted by molar-refractivity contribution is -0.134. The molecule has 3 nitrogen and oxygen atoms in total. The molecule has 0 aromatic heterocycles. The molecule has 16 heavy (non-hydrogen) atoms. The van der Waals surface area contributed by atoms with Gasteiger partial charge in [-0.1, -0.05) is 11.6 Å². The van der Waals surface area contributed by atoms with Crippen LogP contribution in [0.1, 0.15) is 0 Å². The molecule has 0 aliphatic heterocycles. The van der Waals surface area contributed by atoms with Crippen LogP contribution in [0, 0.1) is 11.6 Å². The third-order valence-electron chi connectivity index (χ3n) is 1.66. The molecular formula is C10H8ClF2NO2. The van der Waals surface area contributed by atoms with Gasteiger partial charge in [-0.15, -0.1) is 0 Å². The molecular weight excluding hydrogens is 240 g/mol. The molecule has 0 radical (unpaired) electrons. The first-order valence-corrected chi connectivity index (χ1v) is 4.58. The summed E-state index contributed by atoms with van der Waals surface area (Å²) >= 11 is 5.59. The van der Waals surface area contributed by atoms with E-state index in [0.29, 0.717) is 6.07 Å². The normalized spacial score (nSPS) is 10.5. The van der Waals surface area contributed by atoms with Gasteiger partial charge in [0.1, 0.15) is 5.82 Å². The molecule has 0 atom stereocenters. The van der Waals surface area contributed by atoms with Gasteiger partial charge in [-0.2, -0.15) is 0 Å². The summed E-state index contributed by atoms with van der Waals surface area (Å²) in [6, 6.07) is 1.64. The third-order valence-corrected chi connectivity index (χ3v) is 1.95. The van der Waals surface area contributed by atoms with Crippen molar-refractivity contribution in [1.29, 1.82) is 0 Å². The van der Waals surface area contributed by atoms with Crippen LogP contribution in [0.4, 0.5) is 14.5 Å². The van der Waals surface area contributed by atoms with Crippen molar-refractivity contribution >= 4 is 23.3 Å². The van der Waals surface area contributed by atoms with E-state index in [9.17, 15) is 13.6 Å². The van der Waals surface area contributed by atoms with Crippen LogP contribution in [0.15, 0.2) is 24.4 Å². The van der Waals surface area contributed by atoms with Crippen molar-refractivity contribution in [2.45, 2.75) is 0 Å². The number of hydrogen-bond acceptors (Lipinski definition) is 3. The number of anilines is 1. The second-order valence-electron chi connectivity index (χ2n) is 2.75. The first-order valence-electron chi connectivity index (χ1n) is 4.20. The van der Waals surface area contributed by atoms with Gasteiger partial charge in [0, 0.05) is 18.3 Å². The summed E-state index contributed by atoms with van der Waals surface area (Å²) in [7, 11) is 1.21. The molecule has 0 saturated heterocycles. The Morgan fingerprint density at radius 3 is 2.75 bits per heavy atom. The fraction of sp³-hybridized carbons (Fsp3) is 0.100. The number of ether oxygens (including phenoxy) is 1. The molecule has 0 heterocycles. The first-order chi connectivity index (χ1) is 7.54. The average molecular weight is 248 g/mol. The number of hydrogen-bond donors (Lipinski definition) is 1. The van der Waals surface area contributed by atoms with E-state index in [0.717, 1.165) is 18.3 Å². The number of esters is 1. The second-order valence-corrected chi connectivity index (χ2v) is 3.15. The molecule has 1 aromatic carbocycles. The summed E-state index contributed by atoms with van der Waals surface area (Å²) in [5.41, 5.74) is -0.108. The van der Waals surface area contributed by atoms with Crippen molar-refractivity contribution in [3.63, 3.8) is 0 Å². The molecule has 0 saturated carbocycles. The largest absolute Gasteiger partial charge is 0.466 e. The van der Waals surface area contributed by atoms with E-state index in [2.05, 4.69) is 10.1 Å². The smallest absolute Gasteiger partial charge is 0.331 e. The van der Waals surface area contributed by atoms with E-state index in [1.54, 1.807) is 0 Å². The average Bonchev–Trinajstić information content (AvgIpc) is 2.21. The Morgan fingerprint density at radius 1 is 1.50 bits per heavy atom. The lowest BCUT2D eigenvalue weighted by Gasteiger charge is -2.05. The van der Waals surface area contributed by atoms with Crippen molar-refractivity contribution in [3.05, 3.63) is 41.1 Å². The molecule has 0 aliphatic rings. The number of rotatable bonds is 3. The van der Waals surface area contributed by atoms with Gasteiger partial charge in [0.25, 0.3) is 0 Å². The maximum Gasteiger partial charge on any atom is 0.331 e. The van der Waals surface area contributed by atoms with E-state index >= 15 is 0 Å². The fourth-order valence-electron chi connectivity index (χ4n) is 0.941. The topological polar surface area (TPSA) is 38.3 Å². The number of methoxy groups -OCH3 is 1. The molecule has 0 spiro atoms. The van der Waals surface area contributed by atoms with Gasteiger partial charge in [-0.05, 0) is 6.07 Å². The molecule has 0 bridgehead atoms. The van der Waals surface area contributed by atoms with E-state index in [4.69, 9.17) is 11.6 Å². The number of carbonyl (C=O) groups is 1. The van der Waals surface area contributed by atoms with Gasteiger partial charge >= 0.3 is 5.97 Å². The van der Waals surface area contributed by atoms with Crippen LogP contribution in [0.3, 0.4) is 0 Å². The van der Waals surface area contributed by atoms with Gasteiger partial charge < -0.3 is 10.1 Å². The van der Waals surface area contributed by atoms with Crippen LogP contribution in [0.25, 0.3) is 0 Å². The standard InChI is InChI=1S/C10H8ClF2NO2/c1-16-9(15)2-3-14-10-7(11)4-6(12)5-8(10)13/h2-5,14H,1H3/b3-2+. The van der Waals surface area contributed by atoms with E-state index in [1.165, 1.54) is 7.11 Å². The van der Waals surface area contributed by atoms with Crippen molar-refractivity contribution in [1.82, 2.24) is 0 Å². The summed E-state index contributed by atoms with van der Waals surface area (Å²) in [6.45, 7) is 0. The first kappa shape index (κ1) is 12.4. The summed E-state index contributed by atoms with van der Waals surface area (Å²) in [5, 5.41) is 2.30. The summed E-state index contributed by atoms with van der Waals surface area (Å²) < 4.78 is 30.2. The minimum absolute atomic E-state index is 0.108. The van der Waals surface area contributed by atoms with Crippen LogP contribution in [-0.4, -0.2) is 13.1 Å². The van der Waals surface area contributed by atoms with Gasteiger partial charge in [-0.3, -0.25) is 0 Å². The van der Waals surface area contributed by atoms with Crippen LogP contribution in [0.5, 0.6) is 0 Å². The zero-order chi connectivity index (χ0) is 12.1. The zero-order valence-electron chi connectivity index (χ0n) is 8.26. The highest BCUT2D eigenvalue weighted by Crippen LogP contribution is 2.26. The lowest BCUT2D eigenvalue weighted by Crippen LogP contribution is -1.98. The molecule has 0 fully saturated rings. The number of halogens is 3. The fourth-order valence-corrected chi connectivity index (χ4v) is 1.19. The lowest BCUT2D eigenvalue weighted by atomic mass is 10.3. The Morgan fingerprint density at radius 2 is 2.19 bits per heavy atom. The highest BCUT2D eigenvalue weighted by Gasteiger charge is 2.08. The summed E-state index contributed by atoms with van der Waals surface area (Å²) in [6.07, 6.45) is 2.19. The zero-order valence-corrected chi connectivity index (χ0v) is 9.02. The Hall–Kier alpha value is -1.62. The van der Waals surface area contributed by atoms with Gasteiger partial charge in [0.2, 0.25) is 0 Å². The molecule has 1 N–H and O–H groups in total. The second kappa shape index (κ2) is 5.46. The minimum atomic E-state index is -0.848. The third kappa shape index (κ3) is 3.20. The quantitative estimate of drug-likeness (QED) is 0.659. The summed E-state index contributed by atoms with van der Waals surface area (Å²) in [4.78, 5) is 10.7. The monoisotopic (exact) mass is 247 g/mol. The van der Waals surface area contributed by atoms with Crippen LogP contribution >= 0.6 is 11.6 Å². The molecule has 0 aliphatic carbocycles.